The van der Waals surface area contributed by atoms with Gasteiger partial charge >= 0.3 is 0 Å². The number of ether oxygens (including phenoxy) is 1. The van der Waals surface area contributed by atoms with Gasteiger partial charge in [0.2, 0.25) is 0 Å². The van der Waals surface area contributed by atoms with Crippen LogP contribution in [0.5, 0.6) is 5.75 Å². The zero-order valence-electron chi connectivity index (χ0n) is 13.0. The van der Waals surface area contributed by atoms with Gasteiger partial charge in [-0.05, 0) is 36.4 Å². The average molecular weight is 355 g/mol. The van der Waals surface area contributed by atoms with Gasteiger partial charge in [-0.1, -0.05) is 11.3 Å². The fourth-order valence-electron chi connectivity index (χ4n) is 2.49. The number of nitrogens with zero attached hydrogens (tertiary/aromatic N) is 3. The molecule has 0 aliphatic carbocycles. The minimum Gasteiger partial charge on any atom is -0.497 e. The second-order valence-electron chi connectivity index (χ2n) is 5.23. The predicted molar refractivity (Wildman–Crippen MR) is 96.9 cm³/mol. The van der Waals surface area contributed by atoms with E-state index in [9.17, 15) is 4.79 Å². The number of methoxy groups -OCH3 is 1. The Morgan fingerprint density at radius 2 is 2.08 bits per heavy atom. The fourth-order valence-corrected chi connectivity index (χ4v) is 4.25. The van der Waals surface area contributed by atoms with Crippen molar-refractivity contribution in [2.75, 3.05) is 7.11 Å². The van der Waals surface area contributed by atoms with Crippen LogP contribution in [-0.2, 0) is 7.05 Å². The van der Waals surface area contributed by atoms with E-state index in [2.05, 4.69) is 9.98 Å². The molecule has 2 heterocycles. The normalized spacial score (nSPS) is 12.2. The first-order chi connectivity index (χ1) is 11.7. The summed E-state index contributed by atoms with van der Waals surface area (Å²) in [6, 6.07) is 11.3. The van der Waals surface area contributed by atoms with Gasteiger partial charge in [-0.25, -0.2) is 4.98 Å². The molecule has 0 fully saturated rings. The Kier molecular flexibility index (Phi) is 3.66. The maximum absolute atomic E-state index is 12.5. The lowest BCUT2D eigenvalue weighted by molar-refractivity contribution is 0.0998. The van der Waals surface area contributed by atoms with Crippen molar-refractivity contribution in [2.24, 2.45) is 12.0 Å². The Morgan fingerprint density at radius 1 is 1.21 bits per heavy atom. The summed E-state index contributed by atoms with van der Waals surface area (Å²) < 4.78 is 9.19. The van der Waals surface area contributed by atoms with Crippen molar-refractivity contribution in [2.45, 2.75) is 0 Å². The molecule has 0 N–H and O–H groups in total. The molecular weight excluding hydrogens is 342 g/mol. The maximum atomic E-state index is 12.5. The number of carbonyl (C=O) groups excluding carboxylic acids is 1. The van der Waals surface area contributed by atoms with Crippen molar-refractivity contribution >= 4 is 49.0 Å². The monoisotopic (exact) mass is 355 g/mol. The van der Waals surface area contributed by atoms with Crippen molar-refractivity contribution in [1.29, 1.82) is 0 Å². The summed E-state index contributed by atoms with van der Waals surface area (Å²) in [6.07, 6.45) is 0. The molecule has 0 bridgehead atoms. The molecular formula is C17H13N3O2S2. The standard InChI is InChI=1S/C17H13N3O2S2/c1-20-13-6-4-11(22-2)8-15(13)24-17(20)19-16(21)10-3-5-12-14(7-10)23-9-18-12/h3-9H,1-2H3. The molecule has 1 amide bonds. The quantitative estimate of drug-likeness (QED) is 0.552. The summed E-state index contributed by atoms with van der Waals surface area (Å²) in [6.45, 7) is 0. The van der Waals surface area contributed by atoms with Crippen LogP contribution in [0, 0.1) is 0 Å². The molecule has 4 rings (SSSR count). The minimum absolute atomic E-state index is 0.251. The molecule has 0 radical (unpaired) electrons. The summed E-state index contributed by atoms with van der Waals surface area (Å²) in [5.74, 6) is 0.539. The third kappa shape index (κ3) is 2.51. The molecule has 7 heteroatoms. The van der Waals surface area contributed by atoms with E-state index in [-0.39, 0.29) is 5.91 Å². The van der Waals surface area contributed by atoms with Gasteiger partial charge in [-0.15, -0.1) is 11.3 Å². The molecule has 0 saturated carbocycles. The number of benzene rings is 2. The molecule has 4 aromatic rings. The zero-order chi connectivity index (χ0) is 16.7. The minimum atomic E-state index is -0.251. The van der Waals surface area contributed by atoms with Gasteiger partial charge in [0.25, 0.3) is 5.91 Å². The lowest BCUT2D eigenvalue weighted by Gasteiger charge is -1.99. The first kappa shape index (κ1) is 15.0. The Balaban J connectivity index is 1.80. The molecule has 2 aromatic carbocycles. The van der Waals surface area contributed by atoms with E-state index in [0.29, 0.717) is 10.4 Å². The molecule has 2 aromatic heterocycles. The van der Waals surface area contributed by atoms with Crippen LogP contribution in [0.15, 0.2) is 46.9 Å². The second-order valence-corrected chi connectivity index (χ2v) is 7.12. The van der Waals surface area contributed by atoms with Gasteiger partial charge < -0.3 is 9.30 Å². The van der Waals surface area contributed by atoms with E-state index >= 15 is 0 Å². The highest BCUT2D eigenvalue weighted by molar-refractivity contribution is 7.17. The topological polar surface area (TPSA) is 56.5 Å². The summed E-state index contributed by atoms with van der Waals surface area (Å²) in [5, 5.41) is 0. The lowest BCUT2D eigenvalue weighted by atomic mass is 10.2. The fraction of sp³-hybridized carbons (Fsp3) is 0.118. The van der Waals surface area contributed by atoms with Gasteiger partial charge in [0.15, 0.2) is 4.80 Å². The number of fused-ring (bicyclic) bond motifs is 2. The molecule has 120 valence electrons. The van der Waals surface area contributed by atoms with Crippen LogP contribution in [0.3, 0.4) is 0 Å². The number of carbonyl (C=O) groups is 1. The van der Waals surface area contributed by atoms with Crippen LogP contribution < -0.4 is 9.54 Å². The van der Waals surface area contributed by atoms with E-state index in [0.717, 1.165) is 26.2 Å². The van der Waals surface area contributed by atoms with Crippen LogP contribution >= 0.6 is 22.7 Å². The van der Waals surface area contributed by atoms with Crippen molar-refractivity contribution in [3.63, 3.8) is 0 Å². The summed E-state index contributed by atoms with van der Waals surface area (Å²) >= 11 is 2.98. The second kappa shape index (κ2) is 5.85. The first-order valence-corrected chi connectivity index (χ1v) is 8.91. The Morgan fingerprint density at radius 3 is 2.92 bits per heavy atom. The van der Waals surface area contributed by atoms with Crippen molar-refractivity contribution in [3.8, 4) is 5.75 Å². The van der Waals surface area contributed by atoms with Crippen LogP contribution in [0.1, 0.15) is 10.4 Å². The van der Waals surface area contributed by atoms with Crippen LogP contribution in [0.4, 0.5) is 0 Å². The number of aryl methyl sites for hydroxylation is 1. The van der Waals surface area contributed by atoms with E-state index in [4.69, 9.17) is 4.74 Å². The van der Waals surface area contributed by atoms with Gasteiger partial charge in [-0.2, -0.15) is 4.99 Å². The largest absolute Gasteiger partial charge is 0.497 e. The summed E-state index contributed by atoms with van der Waals surface area (Å²) in [5.41, 5.74) is 4.26. The molecule has 0 aliphatic rings. The third-order valence-electron chi connectivity index (χ3n) is 3.79. The molecule has 0 saturated heterocycles. The van der Waals surface area contributed by atoms with E-state index in [1.54, 1.807) is 18.7 Å². The Labute approximate surface area is 145 Å². The zero-order valence-corrected chi connectivity index (χ0v) is 14.6. The predicted octanol–water partition coefficient (Wildman–Crippen LogP) is 3.60. The highest BCUT2D eigenvalue weighted by Crippen LogP contribution is 2.23. The number of rotatable bonds is 2. The van der Waals surface area contributed by atoms with E-state index in [1.807, 2.05) is 41.9 Å². The van der Waals surface area contributed by atoms with Gasteiger partial charge in [0.1, 0.15) is 5.75 Å². The Bertz CT molecular complexity index is 1140. The van der Waals surface area contributed by atoms with E-state index in [1.165, 1.54) is 22.7 Å². The van der Waals surface area contributed by atoms with Gasteiger partial charge in [-0.3, -0.25) is 4.79 Å². The van der Waals surface area contributed by atoms with Gasteiger partial charge in [0.05, 0.1) is 33.1 Å². The Hall–Kier alpha value is -2.51. The maximum Gasteiger partial charge on any atom is 0.279 e. The smallest absolute Gasteiger partial charge is 0.279 e. The van der Waals surface area contributed by atoms with Crippen molar-refractivity contribution in [3.05, 3.63) is 52.3 Å². The number of thiazole rings is 2. The first-order valence-electron chi connectivity index (χ1n) is 7.21. The third-order valence-corrected chi connectivity index (χ3v) is 5.68. The summed E-state index contributed by atoms with van der Waals surface area (Å²) in [4.78, 5) is 21.7. The molecule has 0 aliphatic heterocycles. The SMILES string of the molecule is COc1ccc2c(c1)sc(=NC(=O)c1ccc3ncsc3c1)n2C. The number of hydrogen-bond acceptors (Lipinski definition) is 5. The lowest BCUT2D eigenvalue weighted by Crippen LogP contribution is -2.13. The van der Waals surface area contributed by atoms with Crippen molar-refractivity contribution < 1.29 is 9.53 Å². The van der Waals surface area contributed by atoms with Crippen molar-refractivity contribution in [1.82, 2.24) is 9.55 Å². The highest BCUT2D eigenvalue weighted by atomic mass is 32.1. The molecule has 0 atom stereocenters. The highest BCUT2D eigenvalue weighted by Gasteiger charge is 2.09. The number of hydrogen-bond donors (Lipinski definition) is 0. The van der Waals surface area contributed by atoms with Gasteiger partial charge in [0, 0.05) is 12.6 Å². The van der Waals surface area contributed by atoms with E-state index < -0.39 is 0 Å². The average Bonchev–Trinajstić information content (AvgIpc) is 3.18. The van der Waals surface area contributed by atoms with Crippen LogP contribution in [0.2, 0.25) is 0 Å². The van der Waals surface area contributed by atoms with Crippen LogP contribution in [-0.4, -0.2) is 22.6 Å². The molecule has 0 spiro atoms. The molecule has 5 nitrogen and oxygen atoms in total. The summed E-state index contributed by atoms with van der Waals surface area (Å²) in [7, 11) is 3.54. The number of amides is 1. The van der Waals surface area contributed by atoms with Crippen LogP contribution in [0.25, 0.3) is 20.4 Å². The molecule has 24 heavy (non-hydrogen) atoms. The molecule has 0 unspecified atom stereocenters. The number of aromatic nitrogens is 2.